The number of nitrogens with zero attached hydrogens (tertiary/aromatic N) is 1. The van der Waals surface area contributed by atoms with Crippen molar-refractivity contribution in [3.8, 4) is 5.75 Å². The topological polar surface area (TPSA) is 102 Å². The second-order valence-electron chi connectivity index (χ2n) is 7.06. The summed E-state index contributed by atoms with van der Waals surface area (Å²) >= 11 is 0. The van der Waals surface area contributed by atoms with Crippen molar-refractivity contribution >= 4 is 33.3 Å². The number of rotatable bonds is 8. The molecule has 166 valence electrons. The first-order valence-corrected chi connectivity index (χ1v) is 11.8. The Labute approximate surface area is 182 Å². The van der Waals surface area contributed by atoms with Crippen LogP contribution >= 0.6 is 0 Å². The molecule has 2 aromatic rings. The number of fused-ring (bicyclic) bond motifs is 1. The summed E-state index contributed by atoms with van der Waals surface area (Å²) in [7, 11) is -3.58. The number of unbranched alkanes of at least 4 members (excludes halogenated alkanes) is 1. The lowest BCUT2D eigenvalue weighted by atomic mass is 10.2. The van der Waals surface area contributed by atoms with Gasteiger partial charge in [-0.3, -0.25) is 9.10 Å². The molecule has 0 unspecified atom stereocenters. The van der Waals surface area contributed by atoms with E-state index < -0.39 is 28.0 Å². The van der Waals surface area contributed by atoms with Crippen molar-refractivity contribution < 1.29 is 27.5 Å². The molecule has 0 fully saturated rings. The third-order valence-corrected chi connectivity index (χ3v) is 6.59. The molecule has 0 radical (unpaired) electrons. The van der Waals surface area contributed by atoms with Crippen molar-refractivity contribution in [1.29, 1.82) is 0 Å². The van der Waals surface area contributed by atoms with Crippen LogP contribution in [0.3, 0.4) is 0 Å². The summed E-state index contributed by atoms with van der Waals surface area (Å²) in [5.74, 6) is -0.662. The van der Waals surface area contributed by atoms with Crippen LogP contribution in [0, 0.1) is 0 Å². The van der Waals surface area contributed by atoms with Crippen LogP contribution in [0.25, 0.3) is 0 Å². The Morgan fingerprint density at radius 1 is 1.13 bits per heavy atom. The number of anilines is 2. The summed E-state index contributed by atoms with van der Waals surface area (Å²) in [5, 5.41) is 2.71. The van der Waals surface area contributed by atoms with Crippen LogP contribution in [0.1, 0.15) is 37.0 Å². The highest BCUT2D eigenvalue weighted by atomic mass is 32.2. The van der Waals surface area contributed by atoms with Crippen LogP contribution in [-0.4, -0.2) is 45.3 Å². The van der Waals surface area contributed by atoms with E-state index in [1.807, 2.05) is 6.92 Å². The van der Waals surface area contributed by atoms with Gasteiger partial charge in [0.2, 0.25) is 10.0 Å². The predicted octanol–water partition coefficient (Wildman–Crippen LogP) is 3.20. The van der Waals surface area contributed by atoms with Gasteiger partial charge in [-0.1, -0.05) is 25.5 Å². The quantitative estimate of drug-likeness (QED) is 0.494. The van der Waals surface area contributed by atoms with E-state index in [0.717, 1.165) is 12.8 Å². The van der Waals surface area contributed by atoms with Crippen molar-refractivity contribution in [2.75, 3.05) is 28.5 Å². The molecule has 9 heteroatoms. The van der Waals surface area contributed by atoms with Gasteiger partial charge < -0.3 is 14.8 Å². The van der Waals surface area contributed by atoms with Gasteiger partial charge in [-0.25, -0.2) is 13.2 Å². The van der Waals surface area contributed by atoms with Crippen LogP contribution in [0.2, 0.25) is 0 Å². The first-order chi connectivity index (χ1) is 14.9. The molecule has 1 aliphatic heterocycles. The van der Waals surface area contributed by atoms with Crippen LogP contribution in [0.5, 0.6) is 5.75 Å². The SMILES string of the molecule is CCCCOC(=O)c1ccc(NC(=O)[C@H]2CN(S(=O)(=O)CC)c3ccccc3O2)cc1. The maximum atomic E-state index is 12.8. The minimum atomic E-state index is -3.58. The second-order valence-corrected chi connectivity index (χ2v) is 9.24. The molecular weight excluding hydrogens is 420 g/mol. The van der Waals surface area contributed by atoms with E-state index in [1.54, 1.807) is 55.5 Å². The van der Waals surface area contributed by atoms with Crippen LogP contribution in [0.4, 0.5) is 11.4 Å². The zero-order chi connectivity index (χ0) is 22.4. The third kappa shape index (κ3) is 5.35. The zero-order valence-corrected chi connectivity index (χ0v) is 18.4. The molecule has 0 aromatic heterocycles. The molecule has 1 atom stereocenters. The number of ether oxygens (including phenoxy) is 2. The Kier molecular flexibility index (Phi) is 7.17. The predicted molar refractivity (Wildman–Crippen MR) is 118 cm³/mol. The van der Waals surface area contributed by atoms with Gasteiger partial charge in [-0.2, -0.15) is 0 Å². The minimum Gasteiger partial charge on any atom is -0.476 e. The monoisotopic (exact) mass is 446 g/mol. The van der Waals surface area contributed by atoms with Crippen molar-refractivity contribution in [1.82, 2.24) is 0 Å². The maximum Gasteiger partial charge on any atom is 0.338 e. The molecule has 0 saturated heterocycles. The molecule has 1 aliphatic rings. The first-order valence-electron chi connectivity index (χ1n) is 10.2. The Morgan fingerprint density at radius 2 is 1.84 bits per heavy atom. The minimum absolute atomic E-state index is 0.0918. The van der Waals surface area contributed by atoms with E-state index in [0.29, 0.717) is 29.3 Å². The zero-order valence-electron chi connectivity index (χ0n) is 17.5. The largest absolute Gasteiger partial charge is 0.476 e. The fraction of sp³-hybridized carbons (Fsp3) is 0.364. The van der Waals surface area contributed by atoms with E-state index in [4.69, 9.17) is 9.47 Å². The third-order valence-electron chi connectivity index (χ3n) is 4.85. The standard InChI is InChI=1S/C22H26N2O6S/c1-3-5-14-29-22(26)16-10-12-17(13-11-16)23-21(25)20-15-24(31(27,28)4-2)18-8-6-7-9-19(18)30-20/h6-13,20H,3-5,14-15H2,1-2H3,(H,23,25)/t20-/m1/s1. The van der Waals surface area contributed by atoms with E-state index >= 15 is 0 Å². The lowest BCUT2D eigenvalue weighted by Gasteiger charge is -2.34. The lowest BCUT2D eigenvalue weighted by Crippen LogP contribution is -2.49. The smallest absolute Gasteiger partial charge is 0.338 e. The first kappa shape index (κ1) is 22.6. The van der Waals surface area contributed by atoms with Gasteiger partial charge in [0.25, 0.3) is 5.91 Å². The highest BCUT2D eigenvalue weighted by Crippen LogP contribution is 2.35. The number of para-hydroxylation sites is 2. The summed E-state index contributed by atoms with van der Waals surface area (Å²) in [5.41, 5.74) is 1.26. The fourth-order valence-electron chi connectivity index (χ4n) is 3.06. The van der Waals surface area contributed by atoms with E-state index in [-0.39, 0.29) is 12.3 Å². The van der Waals surface area contributed by atoms with Gasteiger partial charge in [-0.05, 0) is 49.7 Å². The molecule has 0 aliphatic carbocycles. The van der Waals surface area contributed by atoms with Crippen molar-refractivity contribution in [2.24, 2.45) is 0 Å². The number of nitrogens with one attached hydrogen (secondary N) is 1. The number of carbonyl (C=O) groups is 2. The highest BCUT2D eigenvalue weighted by molar-refractivity contribution is 7.92. The Hall–Kier alpha value is -3.07. The molecular formula is C22H26N2O6S. The Bertz CT molecular complexity index is 1040. The summed E-state index contributed by atoms with van der Waals surface area (Å²) in [6.45, 7) is 3.81. The Balaban J connectivity index is 1.70. The van der Waals surface area contributed by atoms with Gasteiger partial charge in [-0.15, -0.1) is 0 Å². The maximum absolute atomic E-state index is 12.8. The van der Waals surface area contributed by atoms with Gasteiger partial charge >= 0.3 is 5.97 Å². The normalized spacial score (nSPS) is 15.5. The van der Waals surface area contributed by atoms with E-state index in [2.05, 4.69) is 5.32 Å². The summed E-state index contributed by atoms with van der Waals surface area (Å²) in [4.78, 5) is 24.8. The average Bonchev–Trinajstić information content (AvgIpc) is 2.78. The molecule has 0 spiro atoms. The summed E-state index contributed by atoms with van der Waals surface area (Å²) in [6, 6.07) is 13.0. The number of sulfonamides is 1. The molecule has 3 rings (SSSR count). The molecule has 1 heterocycles. The molecule has 8 nitrogen and oxygen atoms in total. The molecule has 0 bridgehead atoms. The summed E-state index contributed by atoms with van der Waals surface area (Å²) < 4.78 is 37.2. The number of amides is 1. The number of hydrogen-bond acceptors (Lipinski definition) is 6. The number of hydrogen-bond donors (Lipinski definition) is 1. The lowest BCUT2D eigenvalue weighted by molar-refractivity contribution is -0.122. The van der Waals surface area contributed by atoms with E-state index in [9.17, 15) is 18.0 Å². The molecule has 0 saturated carbocycles. The fourth-order valence-corrected chi connectivity index (χ4v) is 4.19. The van der Waals surface area contributed by atoms with Crippen molar-refractivity contribution in [3.63, 3.8) is 0 Å². The van der Waals surface area contributed by atoms with Gasteiger partial charge in [0.15, 0.2) is 6.10 Å². The number of esters is 1. The van der Waals surface area contributed by atoms with Gasteiger partial charge in [0, 0.05) is 5.69 Å². The molecule has 1 N–H and O–H groups in total. The second kappa shape index (κ2) is 9.82. The van der Waals surface area contributed by atoms with Crippen molar-refractivity contribution in [3.05, 3.63) is 54.1 Å². The van der Waals surface area contributed by atoms with Gasteiger partial charge in [0.1, 0.15) is 5.75 Å². The molecule has 2 aromatic carbocycles. The van der Waals surface area contributed by atoms with E-state index in [1.165, 1.54) is 4.31 Å². The van der Waals surface area contributed by atoms with Crippen molar-refractivity contribution in [2.45, 2.75) is 32.8 Å². The number of benzene rings is 2. The number of carbonyl (C=O) groups excluding carboxylic acids is 2. The average molecular weight is 447 g/mol. The molecule has 1 amide bonds. The van der Waals surface area contributed by atoms with Crippen LogP contribution < -0.4 is 14.4 Å². The van der Waals surface area contributed by atoms with Crippen LogP contribution in [0.15, 0.2) is 48.5 Å². The highest BCUT2D eigenvalue weighted by Gasteiger charge is 2.35. The molecule has 31 heavy (non-hydrogen) atoms. The van der Waals surface area contributed by atoms with Crippen LogP contribution in [-0.2, 0) is 19.6 Å². The van der Waals surface area contributed by atoms with Gasteiger partial charge in [0.05, 0.1) is 30.2 Å². The summed E-state index contributed by atoms with van der Waals surface area (Å²) in [6.07, 6.45) is 0.716. The Morgan fingerprint density at radius 3 is 2.52 bits per heavy atom.